The maximum atomic E-state index is 8.55. The van der Waals surface area contributed by atoms with Gasteiger partial charge in [-0.2, -0.15) is 0 Å². The van der Waals surface area contributed by atoms with E-state index in [0.29, 0.717) is 6.54 Å². The van der Waals surface area contributed by atoms with Crippen molar-refractivity contribution in [3.63, 3.8) is 0 Å². The Morgan fingerprint density at radius 1 is 1.67 bits per heavy atom. The van der Waals surface area contributed by atoms with Crippen molar-refractivity contribution in [2.75, 3.05) is 6.54 Å². The van der Waals surface area contributed by atoms with Crippen LogP contribution in [-0.4, -0.2) is 11.7 Å². The van der Waals surface area contributed by atoms with E-state index in [2.05, 4.69) is 6.58 Å². The molecule has 0 saturated carbocycles. The molecular weight excluding hydrogens is 114 g/mol. The van der Waals surface area contributed by atoms with E-state index in [-0.39, 0.29) is 11.7 Å². The molecule has 0 bridgehead atoms. The molecule has 0 aliphatic rings. The SMILES string of the molecule is C=C(O)C(C)CN.CC. The molecule has 3 N–H and O–H groups in total. The lowest BCUT2D eigenvalue weighted by Gasteiger charge is -2.02. The van der Waals surface area contributed by atoms with Gasteiger partial charge in [-0.1, -0.05) is 27.4 Å². The Bertz CT molecular complexity index is 71.3. The first-order chi connectivity index (χ1) is 4.18. The minimum atomic E-state index is 0.0417. The molecule has 0 amide bonds. The lowest BCUT2D eigenvalue weighted by Crippen LogP contribution is -2.11. The molecule has 0 spiro atoms. The molecule has 1 atom stereocenters. The Morgan fingerprint density at radius 3 is 2.00 bits per heavy atom. The van der Waals surface area contributed by atoms with Crippen molar-refractivity contribution in [1.29, 1.82) is 0 Å². The number of nitrogens with two attached hydrogens (primary N) is 1. The summed E-state index contributed by atoms with van der Waals surface area (Å²) in [7, 11) is 0. The molecule has 0 saturated heterocycles. The van der Waals surface area contributed by atoms with E-state index in [1.54, 1.807) is 0 Å². The van der Waals surface area contributed by atoms with Crippen LogP contribution in [0.2, 0.25) is 0 Å². The van der Waals surface area contributed by atoms with Crippen LogP contribution in [0.1, 0.15) is 20.8 Å². The van der Waals surface area contributed by atoms with Crippen LogP contribution in [0.25, 0.3) is 0 Å². The van der Waals surface area contributed by atoms with Crippen molar-refractivity contribution < 1.29 is 5.11 Å². The van der Waals surface area contributed by atoms with Crippen LogP contribution in [0.4, 0.5) is 0 Å². The largest absolute Gasteiger partial charge is 0.513 e. The number of aliphatic hydroxyl groups is 1. The van der Waals surface area contributed by atoms with E-state index in [1.807, 2.05) is 20.8 Å². The van der Waals surface area contributed by atoms with Crippen LogP contribution >= 0.6 is 0 Å². The van der Waals surface area contributed by atoms with Crippen molar-refractivity contribution in [2.45, 2.75) is 20.8 Å². The molecular formula is C7H17NO. The van der Waals surface area contributed by atoms with E-state index in [0.717, 1.165) is 0 Å². The van der Waals surface area contributed by atoms with Crippen molar-refractivity contribution in [2.24, 2.45) is 11.7 Å². The second kappa shape index (κ2) is 7.50. The summed E-state index contributed by atoms with van der Waals surface area (Å²) in [5, 5.41) is 8.55. The maximum Gasteiger partial charge on any atom is 0.0891 e. The predicted octanol–water partition coefficient (Wildman–Crippen LogP) is 1.68. The van der Waals surface area contributed by atoms with Crippen molar-refractivity contribution in [3.05, 3.63) is 12.3 Å². The van der Waals surface area contributed by atoms with Gasteiger partial charge in [0.1, 0.15) is 0 Å². The zero-order valence-corrected chi connectivity index (χ0v) is 6.52. The predicted molar refractivity (Wildman–Crippen MR) is 41.3 cm³/mol. The summed E-state index contributed by atoms with van der Waals surface area (Å²) in [5.74, 6) is 0.211. The summed E-state index contributed by atoms with van der Waals surface area (Å²) >= 11 is 0. The molecule has 0 radical (unpaired) electrons. The molecule has 56 valence electrons. The van der Waals surface area contributed by atoms with Crippen LogP contribution < -0.4 is 5.73 Å². The summed E-state index contributed by atoms with van der Waals surface area (Å²) in [5.41, 5.74) is 5.15. The van der Waals surface area contributed by atoms with Crippen LogP contribution in [0.5, 0.6) is 0 Å². The molecule has 0 aliphatic heterocycles. The van der Waals surface area contributed by atoms with Crippen LogP contribution in [0.15, 0.2) is 12.3 Å². The standard InChI is InChI=1S/C5H11NO.C2H6/c1-4(3-6)5(2)7;1-2/h4,7H,2-3,6H2,1H3;1-2H3. The average Bonchev–Trinajstić information content (AvgIpc) is 1.91. The first-order valence-electron chi connectivity index (χ1n) is 3.26. The van der Waals surface area contributed by atoms with Gasteiger partial charge in [-0.3, -0.25) is 0 Å². The van der Waals surface area contributed by atoms with Gasteiger partial charge in [-0.25, -0.2) is 0 Å². The van der Waals surface area contributed by atoms with E-state index >= 15 is 0 Å². The monoisotopic (exact) mass is 131 g/mol. The maximum absolute atomic E-state index is 8.55. The summed E-state index contributed by atoms with van der Waals surface area (Å²) in [6, 6.07) is 0. The highest BCUT2D eigenvalue weighted by Gasteiger charge is 1.98. The number of rotatable bonds is 2. The molecule has 2 heteroatoms. The molecule has 0 heterocycles. The Morgan fingerprint density at radius 2 is 2.00 bits per heavy atom. The van der Waals surface area contributed by atoms with Gasteiger partial charge >= 0.3 is 0 Å². The molecule has 1 unspecified atom stereocenters. The average molecular weight is 131 g/mol. The van der Waals surface area contributed by atoms with E-state index in [9.17, 15) is 0 Å². The van der Waals surface area contributed by atoms with Gasteiger partial charge in [0.15, 0.2) is 0 Å². The Kier molecular flexibility index (Phi) is 9.43. The second-order valence-corrected chi connectivity index (χ2v) is 1.63. The van der Waals surface area contributed by atoms with Crippen LogP contribution in [0.3, 0.4) is 0 Å². The highest BCUT2D eigenvalue weighted by molar-refractivity contribution is 4.85. The molecule has 0 aromatic heterocycles. The minimum Gasteiger partial charge on any atom is -0.513 e. The van der Waals surface area contributed by atoms with E-state index < -0.39 is 0 Å². The summed E-state index contributed by atoms with van der Waals surface area (Å²) < 4.78 is 0. The molecule has 0 rings (SSSR count). The quantitative estimate of drug-likeness (QED) is 0.560. The van der Waals surface area contributed by atoms with Crippen molar-refractivity contribution in [1.82, 2.24) is 0 Å². The first kappa shape index (κ1) is 11.3. The third-order valence-electron chi connectivity index (χ3n) is 0.922. The zero-order chi connectivity index (χ0) is 7.86. The van der Waals surface area contributed by atoms with Crippen molar-refractivity contribution in [3.8, 4) is 0 Å². The van der Waals surface area contributed by atoms with Gasteiger partial charge in [0.05, 0.1) is 5.76 Å². The van der Waals surface area contributed by atoms with Crippen molar-refractivity contribution >= 4 is 0 Å². The van der Waals surface area contributed by atoms with Gasteiger partial charge in [0, 0.05) is 12.5 Å². The second-order valence-electron chi connectivity index (χ2n) is 1.63. The minimum absolute atomic E-state index is 0.0417. The van der Waals surface area contributed by atoms with Gasteiger partial charge in [0.25, 0.3) is 0 Å². The van der Waals surface area contributed by atoms with Gasteiger partial charge in [-0.05, 0) is 0 Å². The summed E-state index contributed by atoms with van der Waals surface area (Å²) in [6.45, 7) is 9.59. The molecule has 0 fully saturated rings. The summed E-state index contributed by atoms with van der Waals surface area (Å²) in [6.07, 6.45) is 0. The number of hydrogen-bond acceptors (Lipinski definition) is 2. The van der Waals surface area contributed by atoms with E-state index in [1.165, 1.54) is 0 Å². The lowest BCUT2D eigenvalue weighted by molar-refractivity contribution is 0.347. The fourth-order valence-electron chi connectivity index (χ4n) is 0.136. The van der Waals surface area contributed by atoms with Gasteiger partial charge in [0.2, 0.25) is 0 Å². The fraction of sp³-hybridized carbons (Fsp3) is 0.714. The Hall–Kier alpha value is -0.500. The lowest BCUT2D eigenvalue weighted by atomic mass is 10.1. The highest BCUT2D eigenvalue weighted by Crippen LogP contribution is 1.98. The Labute approximate surface area is 57.4 Å². The number of hydrogen-bond donors (Lipinski definition) is 2. The molecule has 0 aromatic carbocycles. The molecule has 9 heavy (non-hydrogen) atoms. The normalized spacial score (nSPS) is 11.1. The Balaban J connectivity index is 0. The summed E-state index contributed by atoms with van der Waals surface area (Å²) in [4.78, 5) is 0. The van der Waals surface area contributed by atoms with Gasteiger partial charge in [-0.15, -0.1) is 0 Å². The number of aliphatic hydroxyl groups excluding tert-OH is 1. The first-order valence-corrected chi connectivity index (χ1v) is 3.26. The van der Waals surface area contributed by atoms with E-state index in [4.69, 9.17) is 10.8 Å². The third-order valence-corrected chi connectivity index (χ3v) is 0.922. The van der Waals surface area contributed by atoms with Gasteiger partial charge < -0.3 is 10.8 Å². The van der Waals surface area contributed by atoms with Crippen LogP contribution in [-0.2, 0) is 0 Å². The molecule has 0 aliphatic carbocycles. The highest BCUT2D eigenvalue weighted by atomic mass is 16.3. The topological polar surface area (TPSA) is 46.2 Å². The smallest absolute Gasteiger partial charge is 0.0891 e. The molecule has 0 aromatic rings. The third kappa shape index (κ3) is 7.50. The molecule has 2 nitrogen and oxygen atoms in total. The zero-order valence-electron chi connectivity index (χ0n) is 6.52. The fourth-order valence-corrected chi connectivity index (χ4v) is 0.136. The van der Waals surface area contributed by atoms with Crippen LogP contribution in [0, 0.1) is 5.92 Å².